The molecule has 1 fully saturated rings. The van der Waals surface area contributed by atoms with Crippen LogP contribution in [0.3, 0.4) is 0 Å². The molecule has 0 aliphatic carbocycles. The Kier molecular flexibility index (Phi) is 4.55. The summed E-state index contributed by atoms with van der Waals surface area (Å²) in [6.45, 7) is 6.79. The molecule has 2 unspecified atom stereocenters. The fraction of sp³-hybridized carbons (Fsp3) is 0.643. The van der Waals surface area contributed by atoms with Crippen molar-refractivity contribution in [3.63, 3.8) is 0 Å². The van der Waals surface area contributed by atoms with Crippen molar-refractivity contribution in [2.24, 2.45) is 5.73 Å². The van der Waals surface area contributed by atoms with Crippen molar-refractivity contribution in [1.82, 2.24) is 4.98 Å². The molecule has 2 atom stereocenters. The summed E-state index contributed by atoms with van der Waals surface area (Å²) >= 11 is 0. The highest BCUT2D eigenvalue weighted by atomic mass is 16.5. The lowest BCUT2D eigenvalue weighted by molar-refractivity contribution is 0.0524. The van der Waals surface area contributed by atoms with Gasteiger partial charge < -0.3 is 15.4 Å². The number of piperidine rings is 1. The van der Waals surface area contributed by atoms with Crippen molar-refractivity contribution in [2.75, 3.05) is 24.6 Å². The number of ether oxygens (including phenoxy) is 1. The summed E-state index contributed by atoms with van der Waals surface area (Å²) in [4.78, 5) is 6.82. The van der Waals surface area contributed by atoms with Crippen molar-refractivity contribution < 1.29 is 4.74 Å². The summed E-state index contributed by atoms with van der Waals surface area (Å²) in [7, 11) is 0. The number of nitrogens with two attached hydrogens (primary N) is 1. The van der Waals surface area contributed by atoms with Crippen LogP contribution in [0.4, 0.5) is 5.82 Å². The minimum absolute atomic E-state index is 0.0150. The molecule has 0 saturated carbocycles. The lowest BCUT2D eigenvalue weighted by atomic mass is 10.1. The summed E-state index contributed by atoms with van der Waals surface area (Å²) < 4.78 is 5.73. The zero-order valence-corrected chi connectivity index (χ0v) is 11.3. The van der Waals surface area contributed by atoms with Crippen molar-refractivity contribution in [3.05, 3.63) is 23.9 Å². The average molecular weight is 249 g/mol. The normalized spacial score (nSPS) is 21.9. The van der Waals surface area contributed by atoms with Gasteiger partial charge in [0.05, 0.1) is 6.10 Å². The highest BCUT2D eigenvalue weighted by molar-refractivity contribution is 5.48. The summed E-state index contributed by atoms with van der Waals surface area (Å²) in [6, 6.07) is 4.03. The van der Waals surface area contributed by atoms with Crippen LogP contribution in [0.25, 0.3) is 0 Å². The Balaban J connectivity index is 2.15. The second-order valence-corrected chi connectivity index (χ2v) is 4.87. The van der Waals surface area contributed by atoms with E-state index >= 15 is 0 Å². The minimum atomic E-state index is 0.0150. The van der Waals surface area contributed by atoms with Gasteiger partial charge in [0, 0.05) is 37.5 Å². The maximum Gasteiger partial charge on any atom is 0.133 e. The number of nitrogens with zero attached hydrogens (tertiary/aromatic N) is 2. The number of hydrogen-bond donors (Lipinski definition) is 1. The standard InChI is InChI=1S/C14H23N3O/c1-3-18-12-6-5-9-17(10-12)14-13(11(2)15)7-4-8-16-14/h4,7-8,11-12H,3,5-6,9-10,15H2,1-2H3. The Labute approximate surface area is 109 Å². The maximum atomic E-state index is 6.02. The van der Waals surface area contributed by atoms with Gasteiger partial charge in [-0.05, 0) is 32.8 Å². The second-order valence-electron chi connectivity index (χ2n) is 4.87. The fourth-order valence-corrected chi connectivity index (χ4v) is 2.53. The van der Waals surface area contributed by atoms with Gasteiger partial charge in [0.1, 0.15) is 5.82 Å². The van der Waals surface area contributed by atoms with Crippen LogP contribution in [0.5, 0.6) is 0 Å². The minimum Gasteiger partial charge on any atom is -0.377 e. The van der Waals surface area contributed by atoms with E-state index in [1.54, 1.807) is 0 Å². The first-order valence-electron chi connectivity index (χ1n) is 6.79. The van der Waals surface area contributed by atoms with Gasteiger partial charge in [-0.2, -0.15) is 0 Å². The summed E-state index contributed by atoms with van der Waals surface area (Å²) in [5.74, 6) is 1.02. The molecular formula is C14H23N3O. The van der Waals surface area contributed by atoms with Gasteiger partial charge in [-0.1, -0.05) is 6.07 Å². The number of anilines is 1. The molecule has 1 aliphatic heterocycles. The molecule has 1 aromatic rings. The van der Waals surface area contributed by atoms with Gasteiger partial charge in [-0.25, -0.2) is 4.98 Å². The van der Waals surface area contributed by atoms with Crippen LogP contribution in [0.1, 0.15) is 38.3 Å². The lowest BCUT2D eigenvalue weighted by Gasteiger charge is -2.34. The zero-order valence-electron chi connectivity index (χ0n) is 11.3. The predicted octanol–water partition coefficient (Wildman–Crippen LogP) is 2.11. The highest BCUT2D eigenvalue weighted by Gasteiger charge is 2.23. The Morgan fingerprint density at radius 2 is 2.44 bits per heavy atom. The van der Waals surface area contributed by atoms with Gasteiger partial charge >= 0.3 is 0 Å². The molecule has 1 saturated heterocycles. The summed E-state index contributed by atoms with van der Waals surface area (Å²) in [5, 5.41) is 0. The molecule has 1 aliphatic rings. The predicted molar refractivity (Wildman–Crippen MR) is 73.7 cm³/mol. The van der Waals surface area contributed by atoms with Crippen molar-refractivity contribution in [1.29, 1.82) is 0 Å². The van der Waals surface area contributed by atoms with Gasteiger partial charge in [-0.3, -0.25) is 0 Å². The van der Waals surface area contributed by atoms with Crippen molar-refractivity contribution >= 4 is 5.82 Å². The smallest absolute Gasteiger partial charge is 0.133 e. The Morgan fingerprint density at radius 3 is 3.17 bits per heavy atom. The van der Waals surface area contributed by atoms with E-state index < -0.39 is 0 Å². The topological polar surface area (TPSA) is 51.4 Å². The lowest BCUT2D eigenvalue weighted by Crippen LogP contribution is -2.40. The molecule has 0 bridgehead atoms. The van der Waals surface area contributed by atoms with Crippen LogP contribution >= 0.6 is 0 Å². The van der Waals surface area contributed by atoms with Crippen LogP contribution in [0, 0.1) is 0 Å². The summed E-state index contributed by atoms with van der Waals surface area (Å²) in [6.07, 6.45) is 4.46. The van der Waals surface area contributed by atoms with Crippen molar-refractivity contribution in [2.45, 2.75) is 38.8 Å². The number of hydrogen-bond acceptors (Lipinski definition) is 4. The number of pyridine rings is 1. The van der Waals surface area contributed by atoms with E-state index in [0.29, 0.717) is 6.10 Å². The van der Waals surface area contributed by atoms with E-state index in [4.69, 9.17) is 10.5 Å². The molecule has 0 aromatic carbocycles. The van der Waals surface area contributed by atoms with Gasteiger partial charge in [0.15, 0.2) is 0 Å². The van der Waals surface area contributed by atoms with E-state index in [0.717, 1.165) is 43.9 Å². The third-order valence-electron chi connectivity index (χ3n) is 3.39. The molecule has 18 heavy (non-hydrogen) atoms. The number of aromatic nitrogens is 1. The Bertz CT molecular complexity index is 379. The van der Waals surface area contributed by atoms with Gasteiger partial charge in [0.2, 0.25) is 0 Å². The van der Waals surface area contributed by atoms with Gasteiger partial charge in [0.25, 0.3) is 0 Å². The SMILES string of the molecule is CCOC1CCCN(c2ncccc2C(C)N)C1. The molecular weight excluding hydrogens is 226 g/mol. The first kappa shape index (κ1) is 13.3. The maximum absolute atomic E-state index is 6.02. The molecule has 4 nitrogen and oxygen atoms in total. The molecule has 4 heteroatoms. The molecule has 2 rings (SSSR count). The van der Waals surface area contributed by atoms with Crippen LogP contribution in [-0.2, 0) is 4.74 Å². The van der Waals surface area contributed by atoms with E-state index in [-0.39, 0.29) is 6.04 Å². The Hall–Kier alpha value is -1.13. The van der Waals surface area contributed by atoms with E-state index in [2.05, 4.69) is 16.0 Å². The zero-order chi connectivity index (χ0) is 13.0. The van der Waals surface area contributed by atoms with E-state index in [1.165, 1.54) is 0 Å². The molecule has 1 aromatic heterocycles. The van der Waals surface area contributed by atoms with E-state index in [1.807, 2.05) is 26.1 Å². The molecule has 2 heterocycles. The molecule has 100 valence electrons. The molecule has 0 radical (unpaired) electrons. The first-order valence-corrected chi connectivity index (χ1v) is 6.79. The fourth-order valence-electron chi connectivity index (χ4n) is 2.53. The third kappa shape index (κ3) is 3.00. The van der Waals surface area contributed by atoms with Crippen LogP contribution in [0.2, 0.25) is 0 Å². The largest absolute Gasteiger partial charge is 0.377 e. The monoisotopic (exact) mass is 249 g/mol. The van der Waals surface area contributed by atoms with Crippen LogP contribution in [-0.4, -0.2) is 30.8 Å². The van der Waals surface area contributed by atoms with Crippen molar-refractivity contribution in [3.8, 4) is 0 Å². The van der Waals surface area contributed by atoms with Crippen LogP contribution in [0.15, 0.2) is 18.3 Å². The second kappa shape index (κ2) is 6.16. The molecule has 2 N–H and O–H groups in total. The first-order chi connectivity index (χ1) is 8.72. The quantitative estimate of drug-likeness (QED) is 0.888. The van der Waals surface area contributed by atoms with Crippen LogP contribution < -0.4 is 10.6 Å². The highest BCUT2D eigenvalue weighted by Crippen LogP contribution is 2.26. The van der Waals surface area contributed by atoms with Gasteiger partial charge in [-0.15, -0.1) is 0 Å². The molecule has 0 amide bonds. The number of rotatable bonds is 4. The summed E-state index contributed by atoms with van der Waals surface area (Å²) in [5.41, 5.74) is 7.14. The Morgan fingerprint density at radius 1 is 1.61 bits per heavy atom. The van der Waals surface area contributed by atoms with E-state index in [9.17, 15) is 0 Å². The average Bonchev–Trinajstić information content (AvgIpc) is 2.39. The molecule has 0 spiro atoms. The third-order valence-corrected chi connectivity index (χ3v) is 3.39.